The van der Waals surface area contributed by atoms with Gasteiger partial charge in [0.15, 0.2) is 0 Å². The fraction of sp³-hybridized carbons (Fsp3) is 1.00. The Morgan fingerprint density at radius 2 is 2.00 bits per heavy atom. The Morgan fingerprint density at radius 1 is 1.31 bits per heavy atom. The van der Waals surface area contributed by atoms with Crippen molar-refractivity contribution in [2.75, 3.05) is 39.9 Å². The number of aliphatic hydroxyl groups is 1. The summed E-state index contributed by atoms with van der Waals surface area (Å²) in [6, 6.07) is 0.221. The van der Waals surface area contributed by atoms with E-state index in [-0.39, 0.29) is 12.6 Å². The zero-order chi connectivity index (χ0) is 12.4. The number of likely N-dealkylation sites (N-methyl/N-ethyl adjacent to an activating group) is 2. The fourth-order valence-corrected chi connectivity index (χ4v) is 1.48. The first kappa shape index (κ1) is 15.8. The van der Waals surface area contributed by atoms with Crippen LogP contribution in [0.4, 0.5) is 0 Å². The standard InChI is InChI=1S/C12H28N2O2/c1-5-13-12(10-15)6-7-14(4)8-9-16-11(2)3/h11-13,15H,5-10H2,1-4H3. The molecular formula is C12H28N2O2. The summed E-state index contributed by atoms with van der Waals surface area (Å²) in [5, 5.41) is 12.4. The Hall–Kier alpha value is -0.160. The van der Waals surface area contributed by atoms with Gasteiger partial charge in [0.05, 0.1) is 19.3 Å². The van der Waals surface area contributed by atoms with Crippen molar-refractivity contribution in [1.82, 2.24) is 10.2 Å². The molecular weight excluding hydrogens is 204 g/mol. The molecule has 0 fully saturated rings. The minimum Gasteiger partial charge on any atom is -0.395 e. The second kappa shape index (κ2) is 10.0. The lowest BCUT2D eigenvalue weighted by molar-refractivity contribution is 0.0628. The van der Waals surface area contributed by atoms with Gasteiger partial charge >= 0.3 is 0 Å². The molecule has 0 rings (SSSR count). The van der Waals surface area contributed by atoms with Gasteiger partial charge in [-0.05, 0) is 40.4 Å². The van der Waals surface area contributed by atoms with Crippen LogP contribution in [-0.4, -0.2) is 62.0 Å². The van der Waals surface area contributed by atoms with E-state index >= 15 is 0 Å². The van der Waals surface area contributed by atoms with Crippen molar-refractivity contribution in [3.05, 3.63) is 0 Å². The highest BCUT2D eigenvalue weighted by atomic mass is 16.5. The van der Waals surface area contributed by atoms with Gasteiger partial charge in [-0.1, -0.05) is 6.92 Å². The topological polar surface area (TPSA) is 44.7 Å². The maximum atomic E-state index is 9.11. The highest BCUT2D eigenvalue weighted by molar-refractivity contribution is 4.66. The molecule has 0 aliphatic heterocycles. The first-order valence-corrected chi connectivity index (χ1v) is 6.24. The Labute approximate surface area is 100.0 Å². The highest BCUT2D eigenvalue weighted by Crippen LogP contribution is 1.95. The molecule has 4 heteroatoms. The lowest BCUT2D eigenvalue weighted by Crippen LogP contribution is -2.36. The van der Waals surface area contributed by atoms with E-state index in [4.69, 9.17) is 9.84 Å². The number of nitrogens with one attached hydrogen (secondary N) is 1. The zero-order valence-electron chi connectivity index (χ0n) is 11.2. The molecule has 0 spiro atoms. The molecule has 0 heterocycles. The lowest BCUT2D eigenvalue weighted by Gasteiger charge is -2.21. The summed E-state index contributed by atoms with van der Waals surface area (Å²) in [6.45, 7) is 9.99. The Balaban J connectivity index is 3.50. The first-order valence-electron chi connectivity index (χ1n) is 6.24. The van der Waals surface area contributed by atoms with Gasteiger partial charge in [-0.25, -0.2) is 0 Å². The van der Waals surface area contributed by atoms with Crippen molar-refractivity contribution in [3.63, 3.8) is 0 Å². The van der Waals surface area contributed by atoms with Crippen LogP contribution in [0.25, 0.3) is 0 Å². The number of ether oxygens (including phenoxy) is 1. The van der Waals surface area contributed by atoms with Crippen molar-refractivity contribution in [2.24, 2.45) is 0 Å². The van der Waals surface area contributed by atoms with Crippen LogP contribution >= 0.6 is 0 Å². The van der Waals surface area contributed by atoms with Gasteiger partial charge in [0.1, 0.15) is 0 Å². The van der Waals surface area contributed by atoms with Crippen LogP contribution in [0.5, 0.6) is 0 Å². The maximum absolute atomic E-state index is 9.11. The number of nitrogens with zero attached hydrogens (tertiary/aromatic N) is 1. The second-order valence-corrected chi connectivity index (χ2v) is 4.45. The number of aliphatic hydroxyl groups excluding tert-OH is 1. The van der Waals surface area contributed by atoms with Crippen LogP contribution < -0.4 is 5.32 Å². The Bertz CT molecular complexity index is 154. The number of hydrogen-bond donors (Lipinski definition) is 2. The van der Waals surface area contributed by atoms with Crippen molar-refractivity contribution in [2.45, 2.75) is 39.3 Å². The van der Waals surface area contributed by atoms with Crippen LogP contribution in [0.2, 0.25) is 0 Å². The van der Waals surface area contributed by atoms with Gasteiger partial charge in [-0.3, -0.25) is 0 Å². The Morgan fingerprint density at radius 3 is 2.50 bits per heavy atom. The average Bonchev–Trinajstić information content (AvgIpc) is 2.23. The molecule has 1 unspecified atom stereocenters. The van der Waals surface area contributed by atoms with E-state index in [1.54, 1.807) is 0 Å². The third-order valence-electron chi connectivity index (χ3n) is 2.50. The molecule has 98 valence electrons. The van der Waals surface area contributed by atoms with Gasteiger partial charge in [0, 0.05) is 12.6 Å². The molecule has 0 bridgehead atoms. The van der Waals surface area contributed by atoms with E-state index < -0.39 is 0 Å². The van der Waals surface area contributed by atoms with Crippen molar-refractivity contribution < 1.29 is 9.84 Å². The number of rotatable bonds is 10. The van der Waals surface area contributed by atoms with Crippen LogP contribution in [-0.2, 0) is 4.74 Å². The minimum atomic E-state index is 0.212. The summed E-state index contributed by atoms with van der Waals surface area (Å²) in [5.41, 5.74) is 0. The normalized spacial score (nSPS) is 13.7. The summed E-state index contributed by atoms with van der Waals surface area (Å²) in [5.74, 6) is 0. The largest absolute Gasteiger partial charge is 0.395 e. The van der Waals surface area contributed by atoms with E-state index in [0.717, 1.165) is 32.7 Å². The molecule has 2 N–H and O–H groups in total. The van der Waals surface area contributed by atoms with E-state index in [1.165, 1.54) is 0 Å². The smallest absolute Gasteiger partial charge is 0.0596 e. The number of hydrogen-bond acceptors (Lipinski definition) is 4. The van der Waals surface area contributed by atoms with E-state index in [0.29, 0.717) is 6.10 Å². The highest BCUT2D eigenvalue weighted by Gasteiger charge is 2.07. The summed E-state index contributed by atoms with van der Waals surface area (Å²) < 4.78 is 5.49. The molecule has 0 aromatic heterocycles. The predicted octanol–water partition coefficient (Wildman–Crippen LogP) is 0.704. The molecule has 0 saturated heterocycles. The third kappa shape index (κ3) is 9.09. The molecule has 1 atom stereocenters. The van der Waals surface area contributed by atoms with Crippen molar-refractivity contribution >= 4 is 0 Å². The SMILES string of the molecule is CCNC(CO)CCN(C)CCOC(C)C. The van der Waals surface area contributed by atoms with Crippen LogP contribution in [0.1, 0.15) is 27.2 Å². The first-order chi connectivity index (χ1) is 7.60. The van der Waals surface area contributed by atoms with Crippen LogP contribution in [0, 0.1) is 0 Å². The zero-order valence-corrected chi connectivity index (χ0v) is 11.2. The van der Waals surface area contributed by atoms with Gasteiger partial charge in [0.25, 0.3) is 0 Å². The van der Waals surface area contributed by atoms with E-state index in [1.807, 2.05) is 13.8 Å². The molecule has 0 radical (unpaired) electrons. The van der Waals surface area contributed by atoms with Gasteiger partial charge < -0.3 is 20.1 Å². The summed E-state index contributed by atoms with van der Waals surface area (Å²) in [4.78, 5) is 2.24. The minimum absolute atomic E-state index is 0.212. The molecule has 4 nitrogen and oxygen atoms in total. The van der Waals surface area contributed by atoms with E-state index in [9.17, 15) is 0 Å². The predicted molar refractivity (Wildman–Crippen MR) is 67.8 cm³/mol. The Kier molecular flexibility index (Phi) is 9.92. The average molecular weight is 232 g/mol. The van der Waals surface area contributed by atoms with Gasteiger partial charge in [0.2, 0.25) is 0 Å². The van der Waals surface area contributed by atoms with E-state index in [2.05, 4.69) is 24.2 Å². The molecule has 0 amide bonds. The summed E-state index contributed by atoms with van der Waals surface area (Å²) in [6.07, 6.45) is 1.28. The summed E-state index contributed by atoms with van der Waals surface area (Å²) >= 11 is 0. The fourth-order valence-electron chi connectivity index (χ4n) is 1.48. The van der Waals surface area contributed by atoms with Crippen LogP contribution in [0.15, 0.2) is 0 Å². The molecule has 0 saturated carbocycles. The second-order valence-electron chi connectivity index (χ2n) is 4.45. The quantitative estimate of drug-likeness (QED) is 0.582. The molecule has 0 aliphatic rings. The van der Waals surface area contributed by atoms with Crippen molar-refractivity contribution in [1.29, 1.82) is 0 Å². The van der Waals surface area contributed by atoms with Gasteiger partial charge in [-0.2, -0.15) is 0 Å². The molecule has 16 heavy (non-hydrogen) atoms. The molecule has 0 aliphatic carbocycles. The summed E-state index contributed by atoms with van der Waals surface area (Å²) in [7, 11) is 2.09. The lowest BCUT2D eigenvalue weighted by atomic mass is 10.2. The monoisotopic (exact) mass is 232 g/mol. The maximum Gasteiger partial charge on any atom is 0.0596 e. The van der Waals surface area contributed by atoms with Crippen molar-refractivity contribution in [3.8, 4) is 0 Å². The third-order valence-corrected chi connectivity index (χ3v) is 2.50. The molecule has 0 aromatic carbocycles. The van der Waals surface area contributed by atoms with Gasteiger partial charge in [-0.15, -0.1) is 0 Å². The van der Waals surface area contributed by atoms with Crippen LogP contribution in [0.3, 0.4) is 0 Å². The molecule has 0 aromatic rings.